The first kappa shape index (κ1) is 20.0. The van der Waals surface area contributed by atoms with Crippen LogP contribution in [0.4, 0.5) is 10.1 Å². The van der Waals surface area contributed by atoms with Crippen molar-refractivity contribution in [3.8, 4) is 5.75 Å². The lowest BCUT2D eigenvalue weighted by Crippen LogP contribution is -2.12. The molecule has 9 heteroatoms. The molecule has 0 saturated heterocycles. The number of nitrogens with one attached hydrogen (secondary N) is 1. The standard InChI is InChI=1S/C18H10BrCl3FNO3/c19-9-1-3-15(14(23)5-9)24-18(25)16-4-2-11(27-16)8-26-17-12(21)6-10(20)7-13(17)22/h1-7H,8H2,(H,24,25). The van der Waals surface area contributed by atoms with Gasteiger partial charge in [0, 0.05) is 9.50 Å². The van der Waals surface area contributed by atoms with Crippen molar-refractivity contribution in [1.29, 1.82) is 0 Å². The molecule has 140 valence electrons. The lowest BCUT2D eigenvalue weighted by atomic mass is 10.3. The molecular formula is C18H10BrCl3FNO3. The molecule has 0 saturated carbocycles. The number of carbonyl (C=O) groups is 1. The molecule has 1 amide bonds. The molecule has 2 aromatic carbocycles. The van der Waals surface area contributed by atoms with Gasteiger partial charge in [0.25, 0.3) is 5.91 Å². The van der Waals surface area contributed by atoms with Crippen LogP contribution in [0.25, 0.3) is 0 Å². The van der Waals surface area contributed by atoms with E-state index in [1.807, 2.05) is 0 Å². The van der Waals surface area contributed by atoms with Crippen LogP contribution in [0.2, 0.25) is 15.1 Å². The fourth-order valence-electron chi connectivity index (χ4n) is 2.16. The summed E-state index contributed by atoms with van der Waals surface area (Å²) in [6, 6.07) is 10.3. The van der Waals surface area contributed by atoms with Gasteiger partial charge in [-0.2, -0.15) is 0 Å². The lowest BCUT2D eigenvalue weighted by molar-refractivity contribution is 0.0992. The van der Waals surface area contributed by atoms with Gasteiger partial charge < -0.3 is 14.5 Å². The fourth-order valence-corrected chi connectivity index (χ4v) is 3.42. The average Bonchev–Trinajstić information content (AvgIpc) is 3.05. The molecule has 1 N–H and O–H groups in total. The van der Waals surface area contributed by atoms with Gasteiger partial charge in [-0.25, -0.2) is 4.39 Å². The Morgan fingerprint density at radius 3 is 2.48 bits per heavy atom. The van der Waals surface area contributed by atoms with Crippen molar-refractivity contribution in [1.82, 2.24) is 0 Å². The number of hydrogen-bond acceptors (Lipinski definition) is 3. The quantitative estimate of drug-likeness (QED) is 0.418. The highest BCUT2D eigenvalue weighted by Gasteiger charge is 2.15. The van der Waals surface area contributed by atoms with Crippen LogP contribution in [-0.2, 0) is 6.61 Å². The Balaban J connectivity index is 1.67. The number of halogens is 5. The van der Waals surface area contributed by atoms with E-state index in [-0.39, 0.29) is 33.8 Å². The molecular weight excluding hydrogens is 483 g/mol. The Morgan fingerprint density at radius 2 is 1.81 bits per heavy atom. The number of furan rings is 1. The minimum Gasteiger partial charge on any atom is -0.483 e. The molecule has 1 aromatic heterocycles. The van der Waals surface area contributed by atoms with Crippen molar-refractivity contribution >= 4 is 62.3 Å². The van der Waals surface area contributed by atoms with E-state index in [2.05, 4.69) is 21.2 Å². The maximum absolute atomic E-state index is 13.8. The largest absolute Gasteiger partial charge is 0.483 e. The van der Waals surface area contributed by atoms with Gasteiger partial charge in [-0.15, -0.1) is 0 Å². The highest BCUT2D eigenvalue weighted by molar-refractivity contribution is 9.10. The number of anilines is 1. The maximum Gasteiger partial charge on any atom is 0.291 e. The molecule has 3 aromatic rings. The van der Waals surface area contributed by atoms with E-state index in [1.165, 1.54) is 30.3 Å². The number of amides is 1. The predicted molar refractivity (Wildman–Crippen MR) is 107 cm³/mol. The summed E-state index contributed by atoms with van der Waals surface area (Å²) >= 11 is 21.1. The highest BCUT2D eigenvalue weighted by atomic mass is 79.9. The molecule has 0 aliphatic rings. The molecule has 4 nitrogen and oxygen atoms in total. The van der Waals surface area contributed by atoms with Gasteiger partial charge in [-0.3, -0.25) is 4.79 Å². The molecule has 0 aliphatic carbocycles. The van der Waals surface area contributed by atoms with Gasteiger partial charge in [0.05, 0.1) is 15.7 Å². The zero-order chi connectivity index (χ0) is 19.6. The van der Waals surface area contributed by atoms with Gasteiger partial charge in [-0.05, 0) is 42.5 Å². The summed E-state index contributed by atoms with van der Waals surface area (Å²) in [6.07, 6.45) is 0. The molecule has 3 rings (SSSR count). The summed E-state index contributed by atoms with van der Waals surface area (Å²) in [7, 11) is 0. The molecule has 0 radical (unpaired) electrons. The zero-order valence-electron chi connectivity index (χ0n) is 13.4. The Hall–Kier alpha value is -1.73. The van der Waals surface area contributed by atoms with Crippen LogP contribution >= 0.6 is 50.7 Å². The molecule has 0 bridgehead atoms. The van der Waals surface area contributed by atoms with Crippen LogP contribution < -0.4 is 10.1 Å². The second-order valence-corrected chi connectivity index (χ2v) is 7.50. The summed E-state index contributed by atoms with van der Waals surface area (Å²) in [4.78, 5) is 12.2. The third-order valence-electron chi connectivity index (χ3n) is 3.39. The third kappa shape index (κ3) is 4.96. The number of rotatable bonds is 5. The Morgan fingerprint density at radius 1 is 1.11 bits per heavy atom. The van der Waals surface area contributed by atoms with Crippen molar-refractivity contribution in [2.24, 2.45) is 0 Å². The molecule has 27 heavy (non-hydrogen) atoms. The summed E-state index contributed by atoms with van der Waals surface area (Å²) in [5, 5.41) is 3.33. The molecule has 0 atom stereocenters. The first-order chi connectivity index (χ1) is 12.8. The number of hydrogen-bond donors (Lipinski definition) is 1. The average molecular weight is 494 g/mol. The van der Waals surface area contributed by atoms with Crippen LogP contribution in [0, 0.1) is 5.82 Å². The third-order valence-corrected chi connectivity index (χ3v) is 4.66. The lowest BCUT2D eigenvalue weighted by Gasteiger charge is -2.09. The van der Waals surface area contributed by atoms with Crippen LogP contribution in [0.5, 0.6) is 5.75 Å². The maximum atomic E-state index is 13.8. The molecule has 0 fully saturated rings. The smallest absolute Gasteiger partial charge is 0.291 e. The molecule has 1 heterocycles. The van der Waals surface area contributed by atoms with Crippen molar-refractivity contribution in [2.45, 2.75) is 6.61 Å². The van der Waals surface area contributed by atoms with Crippen molar-refractivity contribution in [2.75, 3.05) is 5.32 Å². The first-order valence-corrected chi connectivity index (χ1v) is 9.38. The monoisotopic (exact) mass is 491 g/mol. The Kier molecular flexibility index (Phi) is 6.32. The summed E-state index contributed by atoms with van der Waals surface area (Å²) < 4.78 is 25.3. The van der Waals surface area contributed by atoms with Crippen LogP contribution in [0.3, 0.4) is 0 Å². The van der Waals surface area contributed by atoms with Crippen LogP contribution in [-0.4, -0.2) is 5.91 Å². The van der Waals surface area contributed by atoms with E-state index < -0.39 is 11.7 Å². The molecule has 0 unspecified atom stereocenters. The van der Waals surface area contributed by atoms with Gasteiger partial charge in [0.1, 0.15) is 18.2 Å². The summed E-state index contributed by atoms with van der Waals surface area (Å²) in [5.74, 6) is -0.547. The van der Waals surface area contributed by atoms with Gasteiger partial charge in [0.2, 0.25) is 0 Å². The second-order valence-electron chi connectivity index (χ2n) is 5.33. The van der Waals surface area contributed by atoms with Crippen molar-refractivity contribution in [3.63, 3.8) is 0 Å². The Bertz CT molecular complexity index is 986. The van der Waals surface area contributed by atoms with E-state index in [1.54, 1.807) is 12.1 Å². The highest BCUT2D eigenvalue weighted by Crippen LogP contribution is 2.36. The van der Waals surface area contributed by atoms with E-state index in [0.29, 0.717) is 15.3 Å². The Labute approximate surface area is 177 Å². The van der Waals surface area contributed by atoms with Gasteiger partial charge in [-0.1, -0.05) is 50.7 Å². The SMILES string of the molecule is O=C(Nc1ccc(Br)cc1F)c1ccc(COc2c(Cl)cc(Cl)cc2Cl)o1. The second kappa shape index (κ2) is 8.52. The van der Waals surface area contributed by atoms with E-state index in [0.717, 1.165) is 0 Å². The molecule has 0 spiro atoms. The normalized spacial score (nSPS) is 10.7. The topological polar surface area (TPSA) is 51.5 Å². The summed E-state index contributed by atoms with van der Waals surface area (Å²) in [6.45, 7) is -0.0129. The number of benzene rings is 2. The number of carbonyl (C=O) groups excluding carboxylic acids is 1. The van der Waals surface area contributed by atoms with Crippen LogP contribution in [0.15, 0.2) is 51.4 Å². The molecule has 0 aliphatic heterocycles. The minimum atomic E-state index is -0.593. The fraction of sp³-hybridized carbons (Fsp3) is 0.0556. The predicted octanol–water partition coefficient (Wildman–Crippen LogP) is 6.97. The van der Waals surface area contributed by atoms with E-state index in [9.17, 15) is 9.18 Å². The zero-order valence-corrected chi connectivity index (χ0v) is 17.2. The first-order valence-electron chi connectivity index (χ1n) is 7.46. The van der Waals surface area contributed by atoms with E-state index >= 15 is 0 Å². The van der Waals surface area contributed by atoms with Crippen LogP contribution in [0.1, 0.15) is 16.3 Å². The summed E-state index contributed by atoms with van der Waals surface area (Å²) in [5.41, 5.74) is 0.0390. The van der Waals surface area contributed by atoms with Crippen molar-refractivity contribution in [3.05, 3.63) is 79.3 Å². The van der Waals surface area contributed by atoms with Crippen molar-refractivity contribution < 1.29 is 18.3 Å². The van der Waals surface area contributed by atoms with E-state index in [4.69, 9.17) is 44.0 Å². The number of ether oxygens (including phenoxy) is 1. The minimum absolute atomic E-state index is 0.00391. The van der Waals surface area contributed by atoms with Gasteiger partial charge >= 0.3 is 0 Å². The van der Waals surface area contributed by atoms with Gasteiger partial charge in [0.15, 0.2) is 11.5 Å².